The number of nitro groups is 1. The molecule has 1 aromatic rings. The molecule has 0 bridgehead atoms. The molecule has 0 saturated heterocycles. The highest BCUT2D eigenvalue weighted by atomic mass is 35.5. The molecule has 1 heterocycles. The molecule has 0 aromatic carbocycles. The Balaban J connectivity index is 3.08. The molecule has 0 atom stereocenters. The van der Waals surface area contributed by atoms with Gasteiger partial charge in [0.15, 0.2) is 0 Å². The number of hydrogen-bond acceptors (Lipinski definition) is 5. The van der Waals surface area contributed by atoms with Crippen LogP contribution in [0.3, 0.4) is 0 Å². The van der Waals surface area contributed by atoms with Gasteiger partial charge in [0, 0.05) is 17.3 Å². The van der Waals surface area contributed by atoms with Gasteiger partial charge >= 0.3 is 11.7 Å². The Kier molecular flexibility index (Phi) is 4.00. The lowest BCUT2D eigenvalue weighted by Gasteiger charge is -2.05. The predicted octanol–water partition coefficient (Wildman–Crippen LogP) is 1.85. The summed E-state index contributed by atoms with van der Waals surface area (Å²) in [6.45, 7) is 3.50. The van der Waals surface area contributed by atoms with Crippen molar-refractivity contribution in [3.05, 3.63) is 39.6 Å². The van der Waals surface area contributed by atoms with Crippen molar-refractivity contribution in [3.8, 4) is 0 Å². The van der Waals surface area contributed by atoms with Crippen molar-refractivity contribution in [2.45, 2.75) is 0 Å². The van der Waals surface area contributed by atoms with Gasteiger partial charge in [-0.1, -0.05) is 18.2 Å². The number of pyridine rings is 1. The number of carboxylic acids is 1. The maximum atomic E-state index is 10.7. The Morgan fingerprint density at radius 2 is 2.35 bits per heavy atom. The van der Waals surface area contributed by atoms with Crippen molar-refractivity contribution in [1.82, 2.24) is 4.98 Å². The van der Waals surface area contributed by atoms with E-state index in [4.69, 9.17) is 16.7 Å². The highest BCUT2D eigenvalue weighted by Gasteiger charge is 2.18. The maximum absolute atomic E-state index is 10.7. The second kappa shape index (κ2) is 5.26. The summed E-state index contributed by atoms with van der Waals surface area (Å²) in [6.07, 6.45) is 1.02. The minimum atomic E-state index is -1.28. The number of carbonyl (C=O) groups is 1. The third-order valence-corrected chi connectivity index (χ3v) is 1.89. The molecular weight excluding hydrogens is 250 g/mol. The number of carboxylic acid groups (broad SMARTS) is 1. The number of nitrogens with one attached hydrogen (secondary N) is 1. The van der Waals surface area contributed by atoms with Crippen LogP contribution in [0.2, 0.25) is 0 Å². The SMILES string of the molecule is C=C(Cl)CNc1ncc(C(=O)O)cc1[N+](=O)[O-]. The van der Waals surface area contributed by atoms with Gasteiger partial charge in [0.05, 0.1) is 17.0 Å². The molecule has 8 heteroatoms. The molecule has 0 aliphatic heterocycles. The Morgan fingerprint density at radius 1 is 1.71 bits per heavy atom. The molecule has 0 radical (unpaired) electrons. The zero-order valence-electron chi connectivity index (χ0n) is 8.51. The lowest BCUT2D eigenvalue weighted by Crippen LogP contribution is -2.08. The van der Waals surface area contributed by atoms with E-state index in [1.807, 2.05) is 0 Å². The van der Waals surface area contributed by atoms with Gasteiger partial charge in [-0.2, -0.15) is 0 Å². The summed E-state index contributed by atoms with van der Waals surface area (Å²) in [5.41, 5.74) is -0.685. The van der Waals surface area contributed by atoms with E-state index in [1.54, 1.807) is 0 Å². The molecule has 0 amide bonds. The minimum absolute atomic E-state index is 0.0539. The molecule has 0 unspecified atom stereocenters. The fourth-order valence-corrected chi connectivity index (χ4v) is 1.09. The van der Waals surface area contributed by atoms with E-state index in [0.29, 0.717) is 0 Å². The number of aromatic carboxylic acids is 1. The van der Waals surface area contributed by atoms with Crippen LogP contribution in [0.15, 0.2) is 23.9 Å². The number of aromatic nitrogens is 1. The third kappa shape index (κ3) is 3.42. The molecule has 17 heavy (non-hydrogen) atoms. The normalized spacial score (nSPS) is 9.71. The van der Waals surface area contributed by atoms with Crippen LogP contribution < -0.4 is 5.32 Å². The van der Waals surface area contributed by atoms with E-state index in [-0.39, 0.29) is 23.0 Å². The van der Waals surface area contributed by atoms with Crippen LogP contribution in [0, 0.1) is 10.1 Å². The van der Waals surface area contributed by atoms with Crippen LogP contribution in [0.25, 0.3) is 0 Å². The summed E-state index contributed by atoms with van der Waals surface area (Å²) < 4.78 is 0. The van der Waals surface area contributed by atoms with Gasteiger partial charge in [-0.3, -0.25) is 10.1 Å². The van der Waals surface area contributed by atoms with Gasteiger partial charge in [-0.25, -0.2) is 9.78 Å². The lowest BCUT2D eigenvalue weighted by atomic mass is 10.2. The van der Waals surface area contributed by atoms with Crippen LogP contribution in [0.5, 0.6) is 0 Å². The predicted molar refractivity (Wildman–Crippen MR) is 61.3 cm³/mol. The first-order valence-electron chi connectivity index (χ1n) is 4.36. The molecule has 90 valence electrons. The van der Waals surface area contributed by atoms with Crippen molar-refractivity contribution in [1.29, 1.82) is 0 Å². The zero-order valence-corrected chi connectivity index (χ0v) is 9.27. The molecule has 2 N–H and O–H groups in total. The number of rotatable bonds is 5. The highest BCUT2D eigenvalue weighted by molar-refractivity contribution is 6.29. The highest BCUT2D eigenvalue weighted by Crippen LogP contribution is 2.23. The number of anilines is 1. The molecule has 0 aliphatic carbocycles. The van der Waals surface area contributed by atoms with E-state index in [2.05, 4.69) is 16.9 Å². The Labute approximate surface area is 101 Å². The van der Waals surface area contributed by atoms with Crippen LogP contribution in [0.4, 0.5) is 11.5 Å². The summed E-state index contributed by atoms with van der Waals surface area (Å²) in [5, 5.41) is 22.2. The summed E-state index contributed by atoms with van der Waals surface area (Å²) in [7, 11) is 0. The molecule has 1 aromatic heterocycles. The summed E-state index contributed by atoms with van der Waals surface area (Å²) in [4.78, 5) is 24.3. The monoisotopic (exact) mass is 257 g/mol. The van der Waals surface area contributed by atoms with E-state index in [1.165, 1.54) is 0 Å². The first-order chi connectivity index (χ1) is 7.91. The average Bonchev–Trinajstić information content (AvgIpc) is 2.25. The summed E-state index contributed by atoms with van der Waals surface area (Å²) >= 11 is 5.49. The molecule has 0 saturated carbocycles. The zero-order chi connectivity index (χ0) is 13.0. The van der Waals surface area contributed by atoms with Crippen molar-refractivity contribution in [3.63, 3.8) is 0 Å². The third-order valence-electron chi connectivity index (χ3n) is 1.76. The van der Waals surface area contributed by atoms with Crippen molar-refractivity contribution >= 4 is 29.1 Å². The molecular formula is C9H8ClN3O4. The van der Waals surface area contributed by atoms with Gasteiger partial charge in [-0.05, 0) is 0 Å². The van der Waals surface area contributed by atoms with E-state index in [0.717, 1.165) is 12.3 Å². The average molecular weight is 258 g/mol. The smallest absolute Gasteiger partial charge is 0.337 e. The Morgan fingerprint density at radius 3 is 2.82 bits per heavy atom. The van der Waals surface area contributed by atoms with Crippen LogP contribution in [0.1, 0.15) is 10.4 Å². The van der Waals surface area contributed by atoms with Crippen molar-refractivity contribution < 1.29 is 14.8 Å². The largest absolute Gasteiger partial charge is 0.478 e. The second-order valence-electron chi connectivity index (χ2n) is 3.02. The minimum Gasteiger partial charge on any atom is -0.478 e. The number of halogens is 1. The first kappa shape index (κ1) is 12.9. The molecule has 0 fully saturated rings. The Hall–Kier alpha value is -2.15. The van der Waals surface area contributed by atoms with E-state index >= 15 is 0 Å². The molecule has 7 nitrogen and oxygen atoms in total. The van der Waals surface area contributed by atoms with Gasteiger partial charge in [-0.15, -0.1) is 0 Å². The van der Waals surface area contributed by atoms with Gasteiger partial charge in [0.2, 0.25) is 5.82 Å². The van der Waals surface area contributed by atoms with E-state index < -0.39 is 16.6 Å². The standard InChI is InChI=1S/C9H8ClN3O4/c1-5(10)3-11-8-7(13(16)17)2-6(4-12-8)9(14)15/h2,4H,1,3H2,(H,11,12)(H,14,15). The number of hydrogen-bond donors (Lipinski definition) is 2. The van der Waals surface area contributed by atoms with Gasteiger partial charge in [0.25, 0.3) is 0 Å². The second-order valence-corrected chi connectivity index (χ2v) is 3.56. The quantitative estimate of drug-likeness (QED) is 0.616. The van der Waals surface area contributed by atoms with Gasteiger partial charge < -0.3 is 10.4 Å². The number of nitrogens with zero attached hydrogens (tertiary/aromatic N) is 2. The lowest BCUT2D eigenvalue weighted by molar-refractivity contribution is -0.384. The van der Waals surface area contributed by atoms with E-state index in [9.17, 15) is 14.9 Å². The molecule has 0 spiro atoms. The van der Waals surface area contributed by atoms with Crippen LogP contribution in [-0.4, -0.2) is 27.5 Å². The van der Waals surface area contributed by atoms with Crippen molar-refractivity contribution in [2.75, 3.05) is 11.9 Å². The van der Waals surface area contributed by atoms with Crippen molar-refractivity contribution in [2.24, 2.45) is 0 Å². The topological polar surface area (TPSA) is 105 Å². The fraction of sp³-hybridized carbons (Fsp3) is 0.111. The fourth-order valence-electron chi connectivity index (χ4n) is 1.03. The van der Waals surface area contributed by atoms with Crippen LogP contribution >= 0.6 is 11.6 Å². The molecule has 0 aliphatic rings. The molecule has 1 rings (SSSR count). The summed E-state index contributed by atoms with van der Waals surface area (Å²) in [5.74, 6) is -1.34. The maximum Gasteiger partial charge on any atom is 0.337 e. The van der Waals surface area contributed by atoms with Crippen LogP contribution in [-0.2, 0) is 0 Å². The van der Waals surface area contributed by atoms with Gasteiger partial charge in [0.1, 0.15) is 0 Å². The first-order valence-corrected chi connectivity index (χ1v) is 4.74. The Bertz CT molecular complexity index is 489. The summed E-state index contributed by atoms with van der Waals surface area (Å²) in [6, 6.07) is 0.925.